The van der Waals surface area contributed by atoms with Gasteiger partial charge in [-0.3, -0.25) is 0 Å². The second kappa shape index (κ2) is 3.55. The largest absolute Gasteiger partial charge is 0.399 e. The SMILES string of the molecule is CNS(=O)(=O)c1cc(N)cc(F)c1C. The molecule has 0 atom stereocenters. The van der Waals surface area contributed by atoms with Crippen LogP contribution in [0, 0.1) is 12.7 Å². The Balaban J connectivity index is 3.50. The fourth-order valence-electron chi connectivity index (χ4n) is 1.06. The number of rotatable bonds is 2. The molecule has 0 aliphatic carbocycles. The first kappa shape index (κ1) is 10.9. The number of anilines is 1. The van der Waals surface area contributed by atoms with Gasteiger partial charge in [0, 0.05) is 11.3 Å². The first-order valence-electron chi connectivity index (χ1n) is 3.87. The zero-order chi connectivity index (χ0) is 10.9. The molecule has 4 nitrogen and oxygen atoms in total. The van der Waals surface area contributed by atoms with E-state index in [0.717, 1.165) is 6.07 Å². The third kappa shape index (κ3) is 1.85. The standard InChI is InChI=1S/C8H11FN2O2S/c1-5-7(9)3-6(10)4-8(5)14(12,13)11-2/h3-4,11H,10H2,1-2H3. The van der Waals surface area contributed by atoms with Gasteiger partial charge >= 0.3 is 0 Å². The highest BCUT2D eigenvalue weighted by Crippen LogP contribution is 2.21. The van der Waals surface area contributed by atoms with Crippen LogP contribution in [-0.4, -0.2) is 15.5 Å². The smallest absolute Gasteiger partial charge is 0.240 e. The minimum atomic E-state index is -3.64. The third-order valence-electron chi connectivity index (χ3n) is 1.88. The van der Waals surface area contributed by atoms with Crippen LogP contribution >= 0.6 is 0 Å². The van der Waals surface area contributed by atoms with Crippen molar-refractivity contribution < 1.29 is 12.8 Å². The minimum Gasteiger partial charge on any atom is -0.399 e. The summed E-state index contributed by atoms with van der Waals surface area (Å²) in [4.78, 5) is -0.127. The van der Waals surface area contributed by atoms with E-state index in [0.29, 0.717) is 0 Å². The van der Waals surface area contributed by atoms with E-state index in [1.54, 1.807) is 0 Å². The molecule has 78 valence electrons. The number of nitrogens with one attached hydrogen (secondary N) is 1. The Labute approximate surface area is 82.0 Å². The van der Waals surface area contributed by atoms with E-state index >= 15 is 0 Å². The highest BCUT2D eigenvalue weighted by atomic mass is 32.2. The predicted octanol–water partition coefficient (Wildman–Crippen LogP) is 0.624. The molecule has 0 saturated carbocycles. The van der Waals surface area contributed by atoms with Gasteiger partial charge in [-0.15, -0.1) is 0 Å². The Morgan fingerprint density at radius 2 is 2.00 bits per heavy atom. The summed E-state index contributed by atoms with van der Waals surface area (Å²) in [5, 5.41) is 0. The number of sulfonamides is 1. The van der Waals surface area contributed by atoms with Crippen molar-refractivity contribution >= 4 is 15.7 Å². The van der Waals surface area contributed by atoms with E-state index in [9.17, 15) is 12.8 Å². The normalized spacial score (nSPS) is 11.6. The van der Waals surface area contributed by atoms with Gasteiger partial charge in [0.05, 0.1) is 4.90 Å². The zero-order valence-electron chi connectivity index (χ0n) is 7.83. The van der Waals surface area contributed by atoms with E-state index < -0.39 is 15.8 Å². The Hall–Kier alpha value is -1.14. The molecule has 0 radical (unpaired) electrons. The summed E-state index contributed by atoms with van der Waals surface area (Å²) in [6.45, 7) is 1.39. The van der Waals surface area contributed by atoms with Gasteiger partial charge < -0.3 is 5.73 Å². The van der Waals surface area contributed by atoms with Gasteiger partial charge in [0.15, 0.2) is 0 Å². The van der Waals surface area contributed by atoms with Gasteiger partial charge in [-0.25, -0.2) is 17.5 Å². The summed E-state index contributed by atoms with van der Waals surface area (Å²) in [6.07, 6.45) is 0. The van der Waals surface area contributed by atoms with Crippen LogP contribution in [0.2, 0.25) is 0 Å². The summed E-state index contributed by atoms with van der Waals surface area (Å²) >= 11 is 0. The average Bonchev–Trinajstić information content (AvgIpc) is 2.11. The van der Waals surface area contributed by atoms with E-state index in [1.165, 1.54) is 20.0 Å². The molecule has 0 bridgehead atoms. The molecule has 6 heteroatoms. The van der Waals surface area contributed by atoms with E-state index in [-0.39, 0.29) is 16.1 Å². The van der Waals surface area contributed by atoms with Gasteiger partial charge in [-0.05, 0) is 26.1 Å². The van der Waals surface area contributed by atoms with E-state index in [2.05, 4.69) is 4.72 Å². The summed E-state index contributed by atoms with van der Waals surface area (Å²) in [5.41, 5.74) is 5.50. The van der Waals surface area contributed by atoms with Crippen molar-refractivity contribution in [1.29, 1.82) is 0 Å². The molecular formula is C8H11FN2O2S. The van der Waals surface area contributed by atoms with Crippen LogP contribution in [0.3, 0.4) is 0 Å². The molecule has 0 aliphatic rings. The fraction of sp³-hybridized carbons (Fsp3) is 0.250. The van der Waals surface area contributed by atoms with E-state index in [4.69, 9.17) is 5.73 Å². The Morgan fingerprint density at radius 3 is 2.50 bits per heavy atom. The molecule has 0 fully saturated rings. The topological polar surface area (TPSA) is 72.2 Å². The summed E-state index contributed by atoms with van der Waals surface area (Å²) < 4.78 is 38.0. The lowest BCUT2D eigenvalue weighted by molar-refractivity contribution is 0.580. The second-order valence-corrected chi connectivity index (χ2v) is 4.69. The van der Waals surface area contributed by atoms with Gasteiger partial charge in [0.2, 0.25) is 10.0 Å². The molecule has 0 heterocycles. The van der Waals surface area contributed by atoms with Crippen LogP contribution in [0.4, 0.5) is 10.1 Å². The molecule has 0 aliphatic heterocycles. The van der Waals surface area contributed by atoms with Crippen molar-refractivity contribution in [2.45, 2.75) is 11.8 Å². The van der Waals surface area contributed by atoms with Gasteiger partial charge in [-0.2, -0.15) is 0 Å². The van der Waals surface area contributed by atoms with Gasteiger partial charge in [0.1, 0.15) is 5.82 Å². The van der Waals surface area contributed by atoms with Crippen LogP contribution in [0.1, 0.15) is 5.56 Å². The van der Waals surface area contributed by atoms with Crippen molar-refractivity contribution in [2.75, 3.05) is 12.8 Å². The molecule has 0 amide bonds. The number of halogens is 1. The molecule has 3 N–H and O–H groups in total. The average molecular weight is 218 g/mol. The van der Waals surface area contributed by atoms with Crippen LogP contribution in [0.15, 0.2) is 17.0 Å². The highest BCUT2D eigenvalue weighted by Gasteiger charge is 2.17. The van der Waals surface area contributed by atoms with Crippen LogP contribution < -0.4 is 10.5 Å². The number of nitrogen functional groups attached to an aromatic ring is 1. The van der Waals surface area contributed by atoms with E-state index in [1.807, 2.05) is 0 Å². The van der Waals surface area contributed by atoms with Crippen LogP contribution in [0.5, 0.6) is 0 Å². The lowest BCUT2D eigenvalue weighted by Gasteiger charge is -2.08. The molecule has 0 saturated heterocycles. The lowest BCUT2D eigenvalue weighted by Crippen LogP contribution is -2.20. The molecule has 0 aromatic heterocycles. The number of hydrogen-bond acceptors (Lipinski definition) is 3. The van der Waals surface area contributed by atoms with Crippen LogP contribution in [0.25, 0.3) is 0 Å². The Morgan fingerprint density at radius 1 is 1.43 bits per heavy atom. The number of nitrogens with two attached hydrogens (primary N) is 1. The molecule has 14 heavy (non-hydrogen) atoms. The summed E-state index contributed by atoms with van der Waals surface area (Å²) in [7, 11) is -2.38. The Bertz CT molecular complexity index is 457. The third-order valence-corrected chi connectivity index (χ3v) is 3.42. The van der Waals surface area contributed by atoms with Gasteiger partial charge in [0.25, 0.3) is 0 Å². The van der Waals surface area contributed by atoms with Crippen molar-refractivity contribution in [3.63, 3.8) is 0 Å². The summed E-state index contributed by atoms with van der Waals surface area (Å²) in [6, 6.07) is 2.31. The summed E-state index contributed by atoms with van der Waals surface area (Å²) in [5.74, 6) is -0.626. The maximum atomic E-state index is 13.1. The highest BCUT2D eigenvalue weighted by molar-refractivity contribution is 7.89. The monoisotopic (exact) mass is 218 g/mol. The van der Waals surface area contributed by atoms with Gasteiger partial charge in [-0.1, -0.05) is 0 Å². The number of benzene rings is 1. The molecule has 1 rings (SSSR count). The molecule has 1 aromatic rings. The molecule has 0 spiro atoms. The minimum absolute atomic E-state index is 0.0635. The van der Waals surface area contributed by atoms with Crippen molar-refractivity contribution in [3.05, 3.63) is 23.5 Å². The first-order chi connectivity index (χ1) is 6.38. The Kier molecular flexibility index (Phi) is 2.77. The quantitative estimate of drug-likeness (QED) is 0.715. The lowest BCUT2D eigenvalue weighted by atomic mass is 10.2. The number of hydrogen-bond donors (Lipinski definition) is 2. The maximum absolute atomic E-state index is 13.1. The van der Waals surface area contributed by atoms with Crippen molar-refractivity contribution in [1.82, 2.24) is 4.72 Å². The first-order valence-corrected chi connectivity index (χ1v) is 5.36. The molecule has 1 aromatic carbocycles. The maximum Gasteiger partial charge on any atom is 0.240 e. The predicted molar refractivity (Wildman–Crippen MR) is 51.8 cm³/mol. The second-order valence-electron chi connectivity index (χ2n) is 2.83. The fourth-order valence-corrected chi connectivity index (χ4v) is 2.07. The van der Waals surface area contributed by atoms with Crippen LogP contribution in [-0.2, 0) is 10.0 Å². The molecular weight excluding hydrogens is 207 g/mol. The van der Waals surface area contributed by atoms with Crippen molar-refractivity contribution in [3.8, 4) is 0 Å². The van der Waals surface area contributed by atoms with Crippen molar-refractivity contribution in [2.24, 2.45) is 0 Å². The molecule has 0 unspecified atom stereocenters. The zero-order valence-corrected chi connectivity index (χ0v) is 8.65.